The van der Waals surface area contributed by atoms with E-state index in [2.05, 4.69) is 17.4 Å². The molecule has 1 amide bonds. The largest absolute Gasteiger partial charge is 0.353 e. The number of benzene rings is 1. The Morgan fingerprint density at radius 3 is 2.72 bits per heavy atom. The molecule has 5 nitrogen and oxygen atoms in total. The van der Waals surface area contributed by atoms with Crippen molar-refractivity contribution in [2.24, 2.45) is 0 Å². The Kier molecular flexibility index (Phi) is 6.64. The van der Waals surface area contributed by atoms with E-state index in [4.69, 9.17) is 4.98 Å². The normalized spacial score (nSPS) is 16.4. The van der Waals surface area contributed by atoms with Gasteiger partial charge in [-0.15, -0.1) is 11.3 Å². The number of amides is 1. The van der Waals surface area contributed by atoms with Crippen molar-refractivity contribution in [2.45, 2.75) is 75.5 Å². The number of fused-ring (bicyclic) bond motifs is 3. The third kappa shape index (κ3) is 4.64. The number of thiophene rings is 1. The summed E-state index contributed by atoms with van der Waals surface area (Å²) in [7, 11) is 0. The molecule has 1 aromatic carbocycles. The van der Waals surface area contributed by atoms with Gasteiger partial charge in [0.1, 0.15) is 4.83 Å². The van der Waals surface area contributed by atoms with E-state index >= 15 is 0 Å². The van der Waals surface area contributed by atoms with Gasteiger partial charge in [0.15, 0.2) is 5.16 Å². The van der Waals surface area contributed by atoms with Crippen LogP contribution < -0.4 is 10.9 Å². The molecule has 0 aliphatic heterocycles. The van der Waals surface area contributed by atoms with Gasteiger partial charge in [-0.2, -0.15) is 0 Å². The lowest BCUT2D eigenvalue weighted by Gasteiger charge is -2.15. The van der Waals surface area contributed by atoms with Gasteiger partial charge in [0, 0.05) is 17.5 Å². The molecule has 1 fully saturated rings. The minimum atomic E-state index is 0.0383. The van der Waals surface area contributed by atoms with E-state index in [-0.39, 0.29) is 11.5 Å². The summed E-state index contributed by atoms with van der Waals surface area (Å²) in [6, 6.07) is 10.5. The van der Waals surface area contributed by atoms with Gasteiger partial charge in [0.25, 0.3) is 5.56 Å². The van der Waals surface area contributed by atoms with E-state index in [0.29, 0.717) is 23.5 Å². The molecule has 32 heavy (non-hydrogen) atoms. The van der Waals surface area contributed by atoms with Crippen LogP contribution >= 0.6 is 23.1 Å². The summed E-state index contributed by atoms with van der Waals surface area (Å²) < 4.78 is 1.81. The second kappa shape index (κ2) is 9.79. The zero-order valence-corrected chi connectivity index (χ0v) is 19.9. The van der Waals surface area contributed by atoms with E-state index in [1.165, 1.54) is 47.0 Å². The number of carbonyl (C=O) groups excluding carboxylic acids is 1. The van der Waals surface area contributed by atoms with E-state index in [0.717, 1.165) is 48.7 Å². The summed E-state index contributed by atoms with van der Waals surface area (Å²) in [6.07, 6.45) is 9.64. The van der Waals surface area contributed by atoms with Gasteiger partial charge in [0.2, 0.25) is 5.91 Å². The third-order valence-corrected chi connectivity index (χ3v) is 8.72. The summed E-state index contributed by atoms with van der Waals surface area (Å²) in [5, 5.41) is 4.63. The maximum absolute atomic E-state index is 13.6. The number of hydrogen-bond acceptors (Lipinski definition) is 5. The molecule has 0 atom stereocenters. The fourth-order valence-electron chi connectivity index (χ4n) is 4.88. The number of hydrogen-bond donors (Lipinski definition) is 1. The number of nitrogens with one attached hydrogen (secondary N) is 1. The summed E-state index contributed by atoms with van der Waals surface area (Å²) in [6.45, 7) is 0.572. The molecule has 0 saturated heterocycles. The Bertz CT molecular complexity index is 1160. The molecular weight excluding hydrogens is 438 g/mol. The van der Waals surface area contributed by atoms with Gasteiger partial charge < -0.3 is 5.32 Å². The van der Waals surface area contributed by atoms with Gasteiger partial charge in [0.05, 0.1) is 11.1 Å². The number of nitrogens with zero attached hydrogens (tertiary/aromatic N) is 2. The molecule has 3 aromatic rings. The standard InChI is InChI=1S/C25H29N3O2S2/c29-21(26-18-10-4-5-11-18)16-31-25-27-23-22(19-12-6-7-13-20(19)32-23)24(30)28(25)15-14-17-8-2-1-3-9-17/h1-3,8-9,18H,4-7,10-16H2,(H,26,29). The minimum Gasteiger partial charge on any atom is -0.353 e. The molecule has 2 aliphatic carbocycles. The van der Waals surface area contributed by atoms with Crippen molar-refractivity contribution in [3.63, 3.8) is 0 Å². The van der Waals surface area contributed by atoms with Crippen LogP contribution in [0.3, 0.4) is 0 Å². The first kappa shape index (κ1) is 21.7. The predicted molar refractivity (Wildman–Crippen MR) is 132 cm³/mol. The zero-order chi connectivity index (χ0) is 21.9. The van der Waals surface area contributed by atoms with Crippen LogP contribution in [-0.2, 0) is 30.6 Å². The van der Waals surface area contributed by atoms with Gasteiger partial charge in [-0.3, -0.25) is 14.2 Å². The highest BCUT2D eigenvalue weighted by Gasteiger charge is 2.23. The van der Waals surface area contributed by atoms with Crippen LogP contribution in [0.5, 0.6) is 0 Å². The smallest absolute Gasteiger partial charge is 0.263 e. The monoisotopic (exact) mass is 467 g/mol. The maximum atomic E-state index is 13.6. The van der Waals surface area contributed by atoms with Crippen LogP contribution in [0.1, 0.15) is 54.5 Å². The Hall–Kier alpha value is -2.12. The van der Waals surface area contributed by atoms with Crippen molar-refractivity contribution in [2.75, 3.05) is 5.75 Å². The first-order valence-corrected chi connectivity index (χ1v) is 13.5. The summed E-state index contributed by atoms with van der Waals surface area (Å²) >= 11 is 3.07. The predicted octanol–water partition coefficient (Wildman–Crippen LogP) is 4.73. The van der Waals surface area contributed by atoms with Crippen molar-refractivity contribution in [1.82, 2.24) is 14.9 Å². The average Bonchev–Trinajstić information content (AvgIpc) is 3.45. The van der Waals surface area contributed by atoms with Gasteiger partial charge in [-0.25, -0.2) is 4.98 Å². The van der Waals surface area contributed by atoms with Crippen LogP contribution in [0.15, 0.2) is 40.3 Å². The number of thioether (sulfide) groups is 1. The van der Waals surface area contributed by atoms with Crippen LogP contribution in [0.2, 0.25) is 0 Å². The summed E-state index contributed by atoms with van der Waals surface area (Å²) in [5.74, 6) is 0.335. The lowest BCUT2D eigenvalue weighted by Crippen LogP contribution is -2.34. The van der Waals surface area contributed by atoms with Crippen molar-refractivity contribution in [1.29, 1.82) is 0 Å². The SMILES string of the molecule is O=C(CSc1nc2sc3c(c2c(=O)n1CCc1ccccc1)CCCC3)NC1CCCC1. The number of aryl methyl sites for hydroxylation is 3. The minimum absolute atomic E-state index is 0.0383. The van der Waals surface area contributed by atoms with E-state index in [1.807, 2.05) is 22.8 Å². The summed E-state index contributed by atoms with van der Waals surface area (Å²) in [5.41, 5.74) is 2.48. The van der Waals surface area contributed by atoms with Crippen LogP contribution in [-0.4, -0.2) is 27.3 Å². The zero-order valence-electron chi connectivity index (χ0n) is 18.3. The highest BCUT2D eigenvalue weighted by molar-refractivity contribution is 7.99. The second-order valence-electron chi connectivity index (χ2n) is 8.82. The molecule has 2 heterocycles. The van der Waals surface area contributed by atoms with Gasteiger partial charge in [-0.05, 0) is 56.1 Å². The second-order valence-corrected chi connectivity index (χ2v) is 10.8. The fraction of sp³-hybridized carbons (Fsp3) is 0.480. The molecule has 1 N–H and O–H groups in total. The maximum Gasteiger partial charge on any atom is 0.263 e. The molecule has 0 radical (unpaired) electrons. The lowest BCUT2D eigenvalue weighted by molar-refractivity contribution is -0.119. The Labute approximate surface area is 196 Å². The van der Waals surface area contributed by atoms with Crippen LogP contribution in [0.25, 0.3) is 10.2 Å². The Morgan fingerprint density at radius 1 is 1.12 bits per heavy atom. The van der Waals surface area contributed by atoms with Crippen LogP contribution in [0.4, 0.5) is 0 Å². The number of rotatable bonds is 7. The van der Waals surface area contributed by atoms with Crippen molar-refractivity contribution in [3.05, 3.63) is 56.7 Å². The molecule has 0 unspecified atom stereocenters. The fourth-order valence-corrected chi connectivity index (χ4v) is 7.02. The van der Waals surface area contributed by atoms with Crippen molar-refractivity contribution >= 4 is 39.2 Å². The summed E-state index contributed by atoms with van der Waals surface area (Å²) in [4.78, 5) is 33.3. The van der Waals surface area contributed by atoms with Gasteiger partial charge in [-0.1, -0.05) is 54.9 Å². The molecule has 168 valence electrons. The average molecular weight is 468 g/mol. The van der Waals surface area contributed by atoms with E-state index in [9.17, 15) is 9.59 Å². The molecule has 5 rings (SSSR count). The van der Waals surface area contributed by atoms with E-state index < -0.39 is 0 Å². The number of aromatic nitrogens is 2. The quantitative estimate of drug-likeness (QED) is 0.403. The Morgan fingerprint density at radius 2 is 1.91 bits per heavy atom. The first-order chi connectivity index (χ1) is 15.7. The third-order valence-electron chi connectivity index (χ3n) is 6.56. The highest BCUT2D eigenvalue weighted by Crippen LogP contribution is 2.34. The molecule has 7 heteroatoms. The molecule has 0 spiro atoms. The molecule has 2 aromatic heterocycles. The van der Waals surface area contributed by atoms with Crippen molar-refractivity contribution < 1.29 is 4.79 Å². The van der Waals surface area contributed by atoms with Gasteiger partial charge >= 0.3 is 0 Å². The molecule has 0 bridgehead atoms. The van der Waals surface area contributed by atoms with Crippen molar-refractivity contribution in [3.8, 4) is 0 Å². The van der Waals surface area contributed by atoms with Crippen LogP contribution in [0, 0.1) is 0 Å². The molecular formula is C25H29N3O2S2. The Balaban J connectivity index is 1.43. The first-order valence-electron chi connectivity index (χ1n) is 11.7. The van der Waals surface area contributed by atoms with E-state index in [1.54, 1.807) is 11.3 Å². The topological polar surface area (TPSA) is 64.0 Å². The molecule has 1 saturated carbocycles. The highest BCUT2D eigenvalue weighted by atomic mass is 32.2. The lowest BCUT2D eigenvalue weighted by atomic mass is 9.97. The number of carbonyl (C=O) groups is 1. The molecule has 2 aliphatic rings.